The molecular weight excluding hydrogens is 240 g/mol. The maximum absolute atomic E-state index is 11.8. The van der Waals surface area contributed by atoms with Crippen LogP contribution in [0.5, 0.6) is 0 Å². The zero-order chi connectivity index (χ0) is 13.8. The minimum Gasteiger partial charge on any atom is -0.366 e. The van der Waals surface area contributed by atoms with Crippen molar-refractivity contribution in [3.8, 4) is 0 Å². The number of carbonyl (C=O) groups is 2. The van der Waals surface area contributed by atoms with E-state index in [0.29, 0.717) is 5.56 Å². The summed E-state index contributed by atoms with van der Waals surface area (Å²) >= 11 is 0. The molecule has 1 amide bonds. The highest BCUT2D eigenvalue weighted by molar-refractivity contribution is 6.52. The van der Waals surface area contributed by atoms with Crippen molar-refractivity contribution < 1.29 is 9.59 Å². The van der Waals surface area contributed by atoms with Crippen molar-refractivity contribution in [2.75, 3.05) is 23.4 Å². The molecule has 0 unspecified atom stereocenters. The Morgan fingerprint density at radius 3 is 2.58 bits per heavy atom. The van der Waals surface area contributed by atoms with Crippen LogP contribution >= 0.6 is 0 Å². The van der Waals surface area contributed by atoms with Crippen LogP contribution < -0.4 is 9.80 Å². The Morgan fingerprint density at radius 1 is 1.21 bits per heavy atom. The molecule has 19 heavy (non-hydrogen) atoms. The van der Waals surface area contributed by atoms with Crippen LogP contribution in [-0.4, -0.2) is 30.8 Å². The molecule has 0 bridgehead atoms. The smallest absolute Gasteiger partial charge is 0.299 e. The molecule has 0 N–H and O–H groups in total. The predicted molar refractivity (Wildman–Crippen MR) is 74.8 cm³/mol. The molecule has 2 aliphatic heterocycles. The van der Waals surface area contributed by atoms with Gasteiger partial charge >= 0.3 is 0 Å². The van der Waals surface area contributed by atoms with Crippen molar-refractivity contribution in [3.05, 3.63) is 23.8 Å². The van der Waals surface area contributed by atoms with E-state index in [-0.39, 0.29) is 5.54 Å². The first kappa shape index (κ1) is 12.2. The summed E-state index contributed by atoms with van der Waals surface area (Å²) < 4.78 is 0. The molecule has 2 heterocycles. The van der Waals surface area contributed by atoms with Crippen molar-refractivity contribution in [2.24, 2.45) is 0 Å². The number of ketones is 1. The minimum atomic E-state index is -0.437. The van der Waals surface area contributed by atoms with Crippen LogP contribution in [0.3, 0.4) is 0 Å². The van der Waals surface area contributed by atoms with Gasteiger partial charge in [0.15, 0.2) is 0 Å². The third-order valence-electron chi connectivity index (χ3n) is 4.30. The van der Waals surface area contributed by atoms with Gasteiger partial charge in [0.1, 0.15) is 0 Å². The highest BCUT2D eigenvalue weighted by Gasteiger charge is 2.36. The summed E-state index contributed by atoms with van der Waals surface area (Å²) in [4.78, 5) is 27.3. The lowest BCUT2D eigenvalue weighted by Gasteiger charge is -2.34. The fourth-order valence-corrected chi connectivity index (χ4v) is 3.12. The van der Waals surface area contributed by atoms with Crippen molar-refractivity contribution in [2.45, 2.75) is 32.2 Å². The molecule has 0 spiro atoms. The third-order valence-corrected chi connectivity index (χ3v) is 4.30. The van der Waals surface area contributed by atoms with Crippen molar-refractivity contribution in [1.29, 1.82) is 0 Å². The maximum Gasteiger partial charge on any atom is 0.299 e. The molecule has 4 heteroatoms. The second-order valence-electron chi connectivity index (χ2n) is 5.96. The molecule has 0 aliphatic carbocycles. The first-order valence-electron chi connectivity index (χ1n) is 6.66. The molecule has 1 aromatic carbocycles. The Kier molecular flexibility index (Phi) is 2.46. The lowest BCUT2D eigenvalue weighted by Crippen LogP contribution is -2.38. The number of likely N-dealkylation sites (N-methyl/N-ethyl adjacent to an activating group) is 1. The quantitative estimate of drug-likeness (QED) is 0.725. The fraction of sp³-hybridized carbons (Fsp3) is 0.467. The van der Waals surface area contributed by atoms with Gasteiger partial charge in [-0.05, 0) is 44.9 Å². The molecule has 2 aliphatic rings. The number of amides is 1. The van der Waals surface area contributed by atoms with E-state index in [2.05, 4.69) is 18.7 Å². The summed E-state index contributed by atoms with van der Waals surface area (Å²) in [5, 5.41) is 0. The molecule has 1 saturated heterocycles. The summed E-state index contributed by atoms with van der Waals surface area (Å²) in [6.07, 6.45) is 2.34. The zero-order valence-corrected chi connectivity index (χ0v) is 11.6. The third kappa shape index (κ3) is 1.66. The topological polar surface area (TPSA) is 40.6 Å². The average Bonchev–Trinajstić information content (AvgIpc) is 2.83. The second kappa shape index (κ2) is 3.83. The second-order valence-corrected chi connectivity index (χ2v) is 5.96. The summed E-state index contributed by atoms with van der Waals surface area (Å²) in [6.45, 7) is 5.48. The lowest BCUT2D eigenvalue weighted by molar-refractivity contribution is -0.114. The number of anilines is 2. The van der Waals surface area contributed by atoms with E-state index in [0.717, 1.165) is 24.3 Å². The molecule has 0 radical (unpaired) electrons. The fourth-order valence-electron chi connectivity index (χ4n) is 3.12. The number of carbonyl (C=O) groups excluding carboxylic acids is 2. The van der Waals surface area contributed by atoms with Crippen LogP contribution in [0.2, 0.25) is 0 Å². The molecule has 0 aromatic heterocycles. The van der Waals surface area contributed by atoms with Gasteiger partial charge in [0.25, 0.3) is 11.7 Å². The number of hydrogen-bond acceptors (Lipinski definition) is 3. The van der Waals surface area contributed by atoms with Gasteiger partial charge in [-0.1, -0.05) is 0 Å². The van der Waals surface area contributed by atoms with E-state index in [1.807, 2.05) is 12.1 Å². The lowest BCUT2D eigenvalue weighted by atomic mass is 10.0. The molecule has 1 fully saturated rings. The Morgan fingerprint density at radius 2 is 1.95 bits per heavy atom. The molecule has 0 atom stereocenters. The number of Topliss-reactive ketones (excluding diaryl/α,β-unsaturated/α-hetero) is 1. The number of hydrogen-bond donors (Lipinski definition) is 0. The Labute approximate surface area is 113 Å². The van der Waals surface area contributed by atoms with E-state index in [1.165, 1.54) is 11.3 Å². The Hall–Kier alpha value is -1.84. The van der Waals surface area contributed by atoms with Gasteiger partial charge < -0.3 is 9.80 Å². The van der Waals surface area contributed by atoms with Gasteiger partial charge in [-0.25, -0.2) is 0 Å². The van der Waals surface area contributed by atoms with Crippen molar-refractivity contribution in [1.82, 2.24) is 0 Å². The predicted octanol–water partition coefficient (Wildman–Crippen LogP) is 2.22. The molecule has 4 nitrogen and oxygen atoms in total. The van der Waals surface area contributed by atoms with Crippen molar-refractivity contribution in [3.63, 3.8) is 0 Å². The van der Waals surface area contributed by atoms with E-state index >= 15 is 0 Å². The van der Waals surface area contributed by atoms with Crippen LogP contribution in [0.1, 0.15) is 37.0 Å². The summed E-state index contributed by atoms with van der Waals surface area (Å²) in [5.41, 5.74) is 2.48. The average molecular weight is 258 g/mol. The molecule has 1 aromatic rings. The van der Waals surface area contributed by atoms with E-state index in [9.17, 15) is 9.59 Å². The highest BCUT2D eigenvalue weighted by atomic mass is 16.2. The summed E-state index contributed by atoms with van der Waals surface area (Å²) in [5.74, 6) is -0.836. The van der Waals surface area contributed by atoms with Crippen LogP contribution in [0, 0.1) is 0 Å². The first-order chi connectivity index (χ1) is 8.92. The summed E-state index contributed by atoms with van der Waals surface area (Å²) in [7, 11) is 1.66. The van der Waals surface area contributed by atoms with Crippen molar-refractivity contribution >= 4 is 23.1 Å². The Bertz CT molecular complexity index is 578. The van der Waals surface area contributed by atoms with Gasteiger partial charge in [-0.3, -0.25) is 9.59 Å². The number of nitrogens with zero attached hydrogens (tertiary/aromatic N) is 2. The number of rotatable bonds is 1. The minimum absolute atomic E-state index is 0.138. The normalized spacial score (nSPS) is 21.2. The standard InChI is InChI=1S/C15H18N2O2/c1-15(2)7-4-8-17(15)10-5-6-11-12(9-10)16(3)14(19)13(11)18/h5-6,9H,4,7-8H2,1-3H3. The highest BCUT2D eigenvalue weighted by Crippen LogP contribution is 2.37. The maximum atomic E-state index is 11.8. The van der Waals surface area contributed by atoms with Crippen LogP contribution in [0.15, 0.2) is 18.2 Å². The molecule has 0 saturated carbocycles. The largest absolute Gasteiger partial charge is 0.366 e. The zero-order valence-electron chi connectivity index (χ0n) is 11.6. The number of fused-ring (bicyclic) bond motifs is 1. The van der Waals surface area contributed by atoms with Gasteiger partial charge in [-0.2, -0.15) is 0 Å². The summed E-state index contributed by atoms with van der Waals surface area (Å²) in [6, 6.07) is 5.70. The number of benzene rings is 1. The molecule has 3 rings (SSSR count). The monoisotopic (exact) mass is 258 g/mol. The Balaban J connectivity index is 2.04. The molecule has 100 valence electrons. The van der Waals surface area contributed by atoms with E-state index in [1.54, 1.807) is 13.1 Å². The van der Waals surface area contributed by atoms with Crippen LogP contribution in [0.4, 0.5) is 11.4 Å². The van der Waals surface area contributed by atoms with Crippen LogP contribution in [-0.2, 0) is 4.79 Å². The SMILES string of the molecule is CN1C(=O)C(=O)c2ccc(N3CCCC3(C)C)cc21. The van der Waals surface area contributed by atoms with Crippen LogP contribution in [0.25, 0.3) is 0 Å². The van der Waals surface area contributed by atoms with Gasteiger partial charge in [0, 0.05) is 24.8 Å². The molecular formula is C15H18N2O2. The van der Waals surface area contributed by atoms with E-state index in [4.69, 9.17) is 0 Å². The van der Waals surface area contributed by atoms with Gasteiger partial charge in [0.2, 0.25) is 0 Å². The van der Waals surface area contributed by atoms with Gasteiger partial charge in [0.05, 0.1) is 11.3 Å². The van der Waals surface area contributed by atoms with E-state index < -0.39 is 11.7 Å². The first-order valence-corrected chi connectivity index (χ1v) is 6.66. The van der Waals surface area contributed by atoms with Gasteiger partial charge in [-0.15, -0.1) is 0 Å².